The van der Waals surface area contributed by atoms with Crippen molar-refractivity contribution >= 4 is 17.2 Å². The number of aromatic nitrogens is 3. The van der Waals surface area contributed by atoms with Gasteiger partial charge in [0.05, 0.1) is 11.9 Å². The van der Waals surface area contributed by atoms with Gasteiger partial charge in [0.25, 0.3) is 5.91 Å². The van der Waals surface area contributed by atoms with Crippen LogP contribution in [0.2, 0.25) is 0 Å². The smallest absolute Gasteiger partial charge is 0.291 e. The minimum Gasteiger partial charge on any atom is -0.370 e. The van der Waals surface area contributed by atoms with Crippen LogP contribution in [0, 0.1) is 18.3 Å². The number of aryl methyl sites for hydroxylation is 1. The summed E-state index contributed by atoms with van der Waals surface area (Å²) in [5.41, 5.74) is 3.21. The van der Waals surface area contributed by atoms with E-state index in [1.807, 2.05) is 19.2 Å². The van der Waals surface area contributed by atoms with Crippen LogP contribution in [0.1, 0.15) is 62.1 Å². The van der Waals surface area contributed by atoms with Crippen molar-refractivity contribution < 1.29 is 4.79 Å². The standard InChI is InChI=1S/C25H38N6O/c1-6-11-29(5)17-25(7-2)10-8-20(14-25)26-24(32)22-27-23-19(4)13-21(16-31(23)28-22)30-12-9-18(3)15-30/h6,13,16,18,20H,1,7-12,14-15,17H2,2-5H3,(H,26,32). The molecule has 0 radical (unpaired) electrons. The van der Waals surface area contributed by atoms with E-state index in [0.29, 0.717) is 5.92 Å². The third kappa shape index (κ3) is 4.68. The monoisotopic (exact) mass is 438 g/mol. The Morgan fingerprint density at radius 3 is 2.94 bits per heavy atom. The number of nitrogens with one attached hydrogen (secondary N) is 1. The molecule has 1 aliphatic heterocycles. The molecule has 7 heteroatoms. The SMILES string of the molecule is C=CCN(C)CC1(CC)CCC(NC(=O)c2nc3c(C)cc(N4CCC(C)C4)cn3n2)C1. The van der Waals surface area contributed by atoms with Crippen LogP contribution in [0.25, 0.3) is 5.65 Å². The number of fused-ring (bicyclic) bond motifs is 1. The normalized spacial score (nSPS) is 25.7. The van der Waals surface area contributed by atoms with Crippen molar-refractivity contribution in [2.75, 3.05) is 38.1 Å². The zero-order chi connectivity index (χ0) is 22.9. The summed E-state index contributed by atoms with van der Waals surface area (Å²) in [5, 5.41) is 7.76. The van der Waals surface area contributed by atoms with Crippen molar-refractivity contribution in [1.82, 2.24) is 24.8 Å². The van der Waals surface area contributed by atoms with Gasteiger partial charge in [-0.1, -0.05) is 19.9 Å². The Morgan fingerprint density at radius 2 is 2.25 bits per heavy atom. The van der Waals surface area contributed by atoms with Crippen LogP contribution in [-0.2, 0) is 0 Å². The Kier molecular flexibility index (Phi) is 6.56. The van der Waals surface area contributed by atoms with E-state index in [2.05, 4.69) is 58.7 Å². The molecule has 7 nitrogen and oxygen atoms in total. The molecule has 1 saturated carbocycles. The van der Waals surface area contributed by atoms with Crippen molar-refractivity contribution in [2.24, 2.45) is 11.3 Å². The molecular formula is C25H38N6O. The molecule has 0 aromatic carbocycles. The number of carbonyl (C=O) groups is 1. The molecular weight excluding hydrogens is 400 g/mol. The summed E-state index contributed by atoms with van der Waals surface area (Å²) in [5.74, 6) is 0.805. The Hall–Kier alpha value is -2.41. The minimum absolute atomic E-state index is 0.166. The van der Waals surface area contributed by atoms with Gasteiger partial charge in [-0.2, -0.15) is 0 Å². The highest BCUT2D eigenvalue weighted by Crippen LogP contribution is 2.41. The number of nitrogens with zero attached hydrogens (tertiary/aromatic N) is 5. The van der Waals surface area contributed by atoms with Crippen molar-refractivity contribution in [1.29, 1.82) is 0 Å². The molecule has 1 saturated heterocycles. The van der Waals surface area contributed by atoms with Gasteiger partial charge in [0.2, 0.25) is 5.82 Å². The topological polar surface area (TPSA) is 65.8 Å². The maximum Gasteiger partial charge on any atom is 0.291 e. The Labute approximate surface area is 191 Å². The number of amides is 1. The lowest BCUT2D eigenvalue weighted by Gasteiger charge is -2.32. The second kappa shape index (κ2) is 9.22. The van der Waals surface area contributed by atoms with Crippen LogP contribution >= 0.6 is 0 Å². The van der Waals surface area contributed by atoms with Gasteiger partial charge in [0, 0.05) is 32.2 Å². The molecule has 2 aromatic heterocycles. The van der Waals surface area contributed by atoms with Gasteiger partial charge in [0.15, 0.2) is 5.65 Å². The van der Waals surface area contributed by atoms with E-state index < -0.39 is 0 Å². The molecule has 4 rings (SSSR count). The first kappa shape index (κ1) is 22.8. The van der Waals surface area contributed by atoms with Gasteiger partial charge < -0.3 is 15.1 Å². The largest absolute Gasteiger partial charge is 0.370 e. The van der Waals surface area contributed by atoms with Gasteiger partial charge in [-0.15, -0.1) is 11.7 Å². The number of likely N-dealkylation sites (N-methyl/N-ethyl adjacent to an activating group) is 1. The van der Waals surface area contributed by atoms with E-state index in [-0.39, 0.29) is 23.2 Å². The minimum atomic E-state index is -0.166. The molecule has 2 aromatic rings. The lowest BCUT2D eigenvalue weighted by Crippen LogP contribution is -2.38. The summed E-state index contributed by atoms with van der Waals surface area (Å²) < 4.78 is 1.78. The lowest BCUT2D eigenvalue weighted by molar-refractivity contribution is 0.0922. The summed E-state index contributed by atoms with van der Waals surface area (Å²) >= 11 is 0. The van der Waals surface area contributed by atoms with Crippen molar-refractivity contribution in [3.8, 4) is 0 Å². The molecule has 3 unspecified atom stereocenters. The molecule has 0 bridgehead atoms. The van der Waals surface area contributed by atoms with Gasteiger partial charge in [-0.05, 0) is 69.0 Å². The predicted octanol–water partition coefficient (Wildman–Crippen LogP) is 3.68. The second-order valence-electron chi connectivity index (χ2n) is 10.2. The van der Waals surface area contributed by atoms with E-state index in [1.54, 1.807) is 4.52 Å². The fourth-order valence-electron chi connectivity index (χ4n) is 5.58. The van der Waals surface area contributed by atoms with E-state index in [9.17, 15) is 4.79 Å². The quantitative estimate of drug-likeness (QED) is 0.637. The zero-order valence-corrected chi connectivity index (χ0v) is 20.1. The summed E-state index contributed by atoms with van der Waals surface area (Å²) in [6.07, 6.45) is 9.43. The number of hydrogen-bond donors (Lipinski definition) is 1. The molecule has 2 fully saturated rings. The van der Waals surface area contributed by atoms with Crippen LogP contribution in [0.5, 0.6) is 0 Å². The zero-order valence-electron chi connectivity index (χ0n) is 20.1. The summed E-state index contributed by atoms with van der Waals surface area (Å²) in [4.78, 5) is 22.3. The first-order valence-electron chi connectivity index (χ1n) is 12.0. The first-order chi connectivity index (χ1) is 15.3. The van der Waals surface area contributed by atoms with Crippen LogP contribution < -0.4 is 10.2 Å². The molecule has 32 heavy (non-hydrogen) atoms. The summed E-state index contributed by atoms with van der Waals surface area (Å²) in [7, 11) is 2.14. The number of anilines is 1. The van der Waals surface area contributed by atoms with E-state index in [4.69, 9.17) is 0 Å². The van der Waals surface area contributed by atoms with Crippen LogP contribution in [0.3, 0.4) is 0 Å². The Balaban J connectivity index is 1.45. The molecule has 3 atom stereocenters. The molecule has 3 heterocycles. The second-order valence-corrected chi connectivity index (χ2v) is 10.2. The number of hydrogen-bond acceptors (Lipinski definition) is 5. The van der Waals surface area contributed by atoms with Crippen LogP contribution in [0.4, 0.5) is 5.69 Å². The fourth-order valence-corrected chi connectivity index (χ4v) is 5.58. The highest BCUT2D eigenvalue weighted by molar-refractivity contribution is 5.91. The van der Waals surface area contributed by atoms with Crippen LogP contribution in [-0.4, -0.2) is 64.7 Å². The van der Waals surface area contributed by atoms with Gasteiger partial charge >= 0.3 is 0 Å². The highest BCUT2D eigenvalue weighted by atomic mass is 16.2. The number of carbonyl (C=O) groups excluding carboxylic acids is 1. The highest BCUT2D eigenvalue weighted by Gasteiger charge is 2.39. The van der Waals surface area contributed by atoms with Gasteiger partial charge in [-0.25, -0.2) is 9.50 Å². The third-order valence-corrected chi connectivity index (χ3v) is 7.43. The Morgan fingerprint density at radius 1 is 1.44 bits per heavy atom. The first-order valence-corrected chi connectivity index (χ1v) is 12.0. The summed E-state index contributed by atoms with van der Waals surface area (Å²) in [6, 6.07) is 2.34. The number of pyridine rings is 1. The average molecular weight is 439 g/mol. The molecule has 2 aliphatic rings. The van der Waals surface area contributed by atoms with Gasteiger partial charge in [-0.3, -0.25) is 4.79 Å². The van der Waals surface area contributed by atoms with E-state index in [0.717, 1.165) is 68.8 Å². The number of rotatable bonds is 8. The fraction of sp³-hybridized carbons (Fsp3) is 0.640. The molecule has 0 spiro atoms. The lowest BCUT2D eigenvalue weighted by atomic mass is 9.82. The van der Waals surface area contributed by atoms with Crippen molar-refractivity contribution in [3.05, 3.63) is 36.3 Å². The predicted molar refractivity (Wildman–Crippen MR) is 129 cm³/mol. The summed E-state index contributed by atoms with van der Waals surface area (Å²) in [6.45, 7) is 14.5. The van der Waals surface area contributed by atoms with Gasteiger partial charge in [0.1, 0.15) is 0 Å². The maximum absolute atomic E-state index is 13.0. The van der Waals surface area contributed by atoms with Crippen molar-refractivity contribution in [2.45, 2.75) is 58.9 Å². The maximum atomic E-state index is 13.0. The third-order valence-electron chi connectivity index (χ3n) is 7.43. The molecule has 1 amide bonds. The van der Waals surface area contributed by atoms with E-state index in [1.165, 1.54) is 6.42 Å². The molecule has 1 N–H and O–H groups in total. The average Bonchev–Trinajstić information content (AvgIpc) is 3.47. The van der Waals surface area contributed by atoms with Crippen LogP contribution in [0.15, 0.2) is 24.9 Å². The molecule has 1 aliphatic carbocycles. The Bertz CT molecular complexity index is 984. The van der Waals surface area contributed by atoms with Crippen molar-refractivity contribution in [3.63, 3.8) is 0 Å². The molecule has 174 valence electrons. The van der Waals surface area contributed by atoms with E-state index >= 15 is 0 Å².